The number of hydrogen-bond donors (Lipinski definition) is 2. The summed E-state index contributed by atoms with van der Waals surface area (Å²) in [6.45, 7) is 8.85. The minimum Gasteiger partial charge on any atom is -0.487 e. The second-order valence-electron chi connectivity index (χ2n) is 7.13. The molecule has 0 fully saturated rings. The molecule has 0 aliphatic carbocycles. The quantitative estimate of drug-likeness (QED) is 0.220. The van der Waals surface area contributed by atoms with Gasteiger partial charge in [-0.15, -0.1) is 35.3 Å². The first-order valence-electron chi connectivity index (χ1n) is 10.2. The summed E-state index contributed by atoms with van der Waals surface area (Å²) in [5.74, 6) is 2.04. The van der Waals surface area contributed by atoms with Crippen LogP contribution in [-0.4, -0.2) is 22.5 Å². The molecule has 0 spiro atoms. The van der Waals surface area contributed by atoms with Gasteiger partial charge in [0, 0.05) is 18.1 Å². The zero-order valence-corrected chi connectivity index (χ0v) is 21.3. The monoisotopic (exact) mass is 551 g/mol. The van der Waals surface area contributed by atoms with Gasteiger partial charge in [-0.25, -0.2) is 9.98 Å². The van der Waals surface area contributed by atoms with E-state index in [-0.39, 0.29) is 24.0 Å². The van der Waals surface area contributed by atoms with Crippen LogP contribution in [0.1, 0.15) is 48.6 Å². The lowest BCUT2D eigenvalue weighted by Gasteiger charge is -2.11. The molecule has 6 nitrogen and oxygen atoms in total. The van der Waals surface area contributed by atoms with E-state index >= 15 is 0 Å². The number of aliphatic imine (C=N–C) groups is 1. The Morgan fingerprint density at radius 3 is 2.74 bits per heavy atom. The minimum absolute atomic E-state index is 0. The number of halogens is 1. The van der Waals surface area contributed by atoms with Gasteiger partial charge in [0.05, 0.1) is 24.5 Å². The van der Waals surface area contributed by atoms with Gasteiger partial charge in [-0.1, -0.05) is 32.0 Å². The number of pyridine rings is 1. The molecule has 0 aliphatic rings. The summed E-state index contributed by atoms with van der Waals surface area (Å²) in [6, 6.07) is 13.8. The highest BCUT2D eigenvalue weighted by Gasteiger charge is 2.06. The van der Waals surface area contributed by atoms with Crippen molar-refractivity contribution < 1.29 is 4.74 Å². The molecule has 0 atom stereocenters. The molecule has 2 heterocycles. The van der Waals surface area contributed by atoms with Crippen LogP contribution in [0.2, 0.25) is 0 Å². The molecule has 0 saturated carbocycles. The van der Waals surface area contributed by atoms with Crippen molar-refractivity contribution in [2.45, 2.75) is 46.4 Å². The largest absolute Gasteiger partial charge is 0.487 e. The van der Waals surface area contributed by atoms with Crippen molar-refractivity contribution in [3.05, 3.63) is 76.0 Å². The second-order valence-corrected chi connectivity index (χ2v) is 8.07. The molecule has 0 saturated heterocycles. The van der Waals surface area contributed by atoms with Crippen molar-refractivity contribution in [3.63, 3.8) is 0 Å². The fourth-order valence-electron chi connectivity index (χ4n) is 2.72. The number of nitrogens with zero attached hydrogens (tertiary/aromatic N) is 3. The third kappa shape index (κ3) is 8.45. The molecule has 0 amide bonds. The first-order valence-corrected chi connectivity index (χ1v) is 11.1. The lowest BCUT2D eigenvalue weighted by molar-refractivity contribution is 0.301. The van der Waals surface area contributed by atoms with Gasteiger partial charge < -0.3 is 15.4 Å². The molecule has 3 rings (SSSR count). The van der Waals surface area contributed by atoms with Crippen LogP contribution in [0.5, 0.6) is 5.75 Å². The van der Waals surface area contributed by atoms with Gasteiger partial charge in [-0.2, -0.15) is 0 Å². The normalized spacial score (nSPS) is 11.2. The van der Waals surface area contributed by atoms with Crippen LogP contribution in [0.4, 0.5) is 0 Å². The molecule has 0 radical (unpaired) electrons. The van der Waals surface area contributed by atoms with Crippen LogP contribution in [0.15, 0.2) is 59.0 Å². The summed E-state index contributed by atoms with van der Waals surface area (Å²) in [4.78, 5) is 13.7. The lowest BCUT2D eigenvalue weighted by atomic mass is 10.2. The number of benzene rings is 1. The number of hydrogen-bond acceptors (Lipinski definition) is 5. The molecule has 0 unspecified atom stereocenters. The lowest BCUT2D eigenvalue weighted by Crippen LogP contribution is -2.36. The predicted molar refractivity (Wildman–Crippen MR) is 138 cm³/mol. The van der Waals surface area contributed by atoms with Crippen LogP contribution >= 0.6 is 35.3 Å². The van der Waals surface area contributed by atoms with Crippen molar-refractivity contribution in [1.29, 1.82) is 0 Å². The molecule has 31 heavy (non-hydrogen) atoms. The van der Waals surface area contributed by atoms with E-state index in [2.05, 4.69) is 52.8 Å². The zero-order chi connectivity index (χ0) is 21.2. The molecule has 3 aromatic rings. The molecular weight excluding hydrogens is 521 g/mol. The fourth-order valence-corrected chi connectivity index (χ4v) is 3.61. The van der Waals surface area contributed by atoms with E-state index in [0.717, 1.165) is 40.2 Å². The Morgan fingerprint density at radius 1 is 1.16 bits per heavy atom. The molecule has 0 aliphatic heterocycles. The Bertz CT molecular complexity index is 946. The number of thiazole rings is 1. The van der Waals surface area contributed by atoms with Gasteiger partial charge in [0.1, 0.15) is 17.4 Å². The molecule has 8 heteroatoms. The average molecular weight is 551 g/mol. The first kappa shape index (κ1) is 25.1. The van der Waals surface area contributed by atoms with Gasteiger partial charge in [0.25, 0.3) is 0 Å². The van der Waals surface area contributed by atoms with E-state index in [1.165, 1.54) is 0 Å². The number of ether oxygens (including phenoxy) is 1. The summed E-state index contributed by atoms with van der Waals surface area (Å²) in [7, 11) is 0. The highest BCUT2D eigenvalue weighted by atomic mass is 127. The van der Waals surface area contributed by atoms with E-state index in [1.54, 1.807) is 17.5 Å². The van der Waals surface area contributed by atoms with Crippen LogP contribution < -0.4 is 15.4 Å². The van der Waals surface area contributed by atoms with Gasteiger partial charge in [0.15, 0.2) is 5.96 Å². The van der Waals surface area contributed by atoms with E-state index in [0.29, 0.717) is 25.6 Å². The Balaban J connectivity index is 0.00000341. The van der Waals surface area contributed by atoms with E-state index in [4.69, 9.17) is 9.73 Å². The number of rotatable bonds is 9. The molecule has 1 aromatic carbocycles. The maximum Gasteiger partial charge on any atom is 0.191 e. The topological polar surface area (TPSA) is 71.4 Å². The van der Waals surface area contributed by atoms with E-state index in [1.807, 2.05) is 36.4 Å². The van der Waals surface area contributed by atoms with Crippen molar-refractivity contribution >= 4 is 41.3 Å². The van der Waals surface area contributed by atoms with E-state index < -0.39 is 0 Å². The Morgan fingerprint density at radius 2 is 2.03 bits per heavy atom. The fraction of sp³-hybridized carbons (Fsp3) is 0.348. The predicted octanol–water partition coefficient (Wildman–Crippen LogP) is 5.11. The molecule has 0 bridgehead atoms. The number of aromatic nitrogens is 2. The third-order valence-corrected chi connectivity index (χ3v) is 5.21. The van der Waals surface area contributed by atoms with Crippen LogP contribution in [0.3, 0.4) is 0 Å². The van der Waals surface area contributed by atoms with Crippen LogP contribution in [-0.2, 0) is 19.7 Å². The zero-order valence-electron chi connectivity index (χ0n) is 18.2. The summed E-state index contributed by atoms with van der Waals surface area (Å²) < 4.78 is 5.86. The van der Waals surface area contributed by atoms with Gasteiger partial charge in [0.2, 0.25) is 0 Å². The van der Waals surface area contributed by atoms with Gasteiger partial charge in [-0.3, -0.25) is 4.98 Å². The smallest absolute Gasteiger partial charge is 0.191 e. The Labute approximate surface area is 205 Å². The molecular formula is C23H30IN5OS. The van der Waals surface area contributed by atoms with Crippen LogP contribution in [0, 0.1) is 0 Å². The maximum absolute atomic E-state index is 5.86. The van der Waals surface area contributed by atoms with Gasteiger partial charge >= 0.3 is 0 Å². The highest BCUT2D eigenvalue weighted by Crippen LogP contribution is 2.18. The van der Waals surface area contributed by atoms with Crippen molar-refractivity contribution in [3.8, 4) is 5.75 Å². The van der Waals surface area contributed by atoms with Gasteiger partial charge in [-0.05, 0) is 42.7 Å². The summed E-state index contributed by atoms with van der Waals surface area (Å²) in [5.41, 5.74) is 3.13. The van der Waals surface area contributed by atoms with Crippen molar-refractivity contribution in [1.82, 2.24) is 20.6 Å². The summed E-state index contributed by atoms with van der Waals surface area (Å²) >= 11 is 1.68. The maximum atomic E-state index is 5.86. The SMILES string of the molecule is CCNC(=NCc1cccc(OCc2ccccn2)c1)NCc1nc(C(C)C)cs1.I. The van der Waals surface area contributed by atoms with Crippen molar-refractivity contribution in [2.24, 2.45) is 4.99 Å². The number of nitrogens with one attached hydrogen (secondary N) is 2. The van der Waals surface area contributed by atoms with Crippen molar-refractivity contribution in [2.75, 3.05) is 6.54 Å². The Hall–Kier alpha value is -2.20. The first-order chi connectivity index (χ1) is 14.6. The Kier molecular flexibility index (Phi) is 10.7. The third-order valence-electron chi connectivity index (χ3n) is 4.34. The van der Waals surface area contributed by atoms with E-state index in [9.17, 15) is 0 Å². The molecule has 166 valence electrons. The standard InChI is InChI=1S/C23H29N5OS.HI/c1-4-24-23(27-14-22-28-21(16-30-22)17(2)3)26-13-18-8-7-10-20(12-18)29-15-19-9-5-6-11-25-19;/h5-12,16-17H,4,13-15H2,1-3H3,(H2,24,26,27);1H. The van der Waals surface area contributed by atoms with Crippen LogP contribution in [0.25, 0.3) is 0 Å². The summed E-state index contributed by atoms with van der Waals surface area (Å²) in [5, 5.41) is 9.85. The molecule has 2 aromatic heterocycles. The second kappa shape index (κ2) is 13.3. The average Bonchev–Trinajstić information content (AvgIpc) is 3.25. The summed E-state index contributed by atoms with van der Waals surface area (Å²) in [6.07, 6.45) is 1.77. The molecule has 2 N–H and O–H groups in total. The highest BCUT2D eigenvalue weighted by molar-refractivity contribution is 14.0. The number of guanidine groups is 1. The minimum atomic E-state index is 0.